The lowest BCUT2D eigenvalue weighted by molar-refractivity contribution is -0.384. The molecule has 1 N–H and O–H groups in total. The number of amides is 1. The largest absolute Gasteiger partial charge is 0.326 e. The average Bonchev–Trinajstić information content (AvgIpc) is 2.63. The van der Waals surface area contributed by atoms with E-state index in [1.807, 2.05) is 13.8 Å². The Morgan fingerprint density at radius 3 is 2.93 bits per heavy atom. The number of nitrogens with zero attached hydrogens (tertiary/aromatic N) is 3. The first-order valence-corrected chi connectivity index (χ1v) is 9.66. The lowest BCUT2D eigenvalue weighted by atomic mass is 10.1. The average molecular weight is 409 g/mol. The van der Waals surface area contributed by atoms with E-state index < -0.39 is 10.8 Å². The number of carbonyl (C=O) groups excluding carboxylic acids is 1. The SMILES string of the molecule is CCc1c(C)nc2n(c1=O)CC(C(=O)Nc1ccc(Cl)c([N+](=O)[O-])c1)CS2. The van der Waals surface area contributed by atoms with Crippen LogP contribution in [0.5, 0.6) is 0 Å². The van der Waals surface area contributed by atoms with Gasteiger partial charge in [0.25, 0.3) is 11.2 Å². The third-order valence-corrected chi connectivity index (χ3v) is 5.84. The number of anilines is 1. The van der Waals surface area contributed by atoms with Gasteiger partial charge >= 0.3 is 0 Å². The first kappa shape index (κ1) is 19.4. The van der Waals surface area contributed by atoms with Gasteiger partial charge in [-0.2, -0.15) is 0 Å². The number of aryl methyl sites for hydroxylation is 1. The van der Waals surface area contributed by atoms with Gasteiger partial charge in [-0.3, -0.25) is 24.3 Å². The molecule has 10 heteroatoms. The number of nitro groups is 1. The van der Waals surface area contributed by atoms with Crippen molar-refractivity contribution in [3.05, 3.63) is 54.9 Å². The standard InChI is InChI=1S/C17H17ClN4O4S/c1-3-12-9(2)19-17-21(16(12)24)7-10(8-27-17)15(23)20-11-4-5-13(18)14(6-11)22(25)26/h4-6,10H,3,7-8H2,1-2H3,(H,20,23). The molecule has 1 aromatic heterocycles. The fourth-order valence-electron chi connectivity index (χ4n) is 2.94. The predicted molar refractivity (Wildman–Crippen MR) is 104 cm³/mol. The fraction of sp³-hybridized carbons (Fsp3) is 0.353. The number of carbonyl (C=O) groups is 1. The van der Waals surface area contributed by atoms with Crippen LogP contribution < -0.4 is 10.9 Å². The summed E-state index contributed by atoms with van der Waals surface area (Å²) in [5.74, 6) is -0.293. The van der Waals surface area contributed by atoms with Gasteiger partial charge in [-0.15, -0.1) is 0 Å². The maximum absolute atomic E-state index is 12.6. The molecule has 0 spiro atoms. The number of halogens is 1. The zero-order valence-electron chi connectivity index (χ0n) is 14.7. The molecule has 27 heavy (non-hydrogen) atoms. The molecule has 0 saturated carbocycles. The third-order valence-electron chi connectivity index (χ3n) is 4.39. The van der Waals surface area contributed by atoms with E-state index in [-0.39, 0.29) is 34.4 Å². The Morgan fingerprint density at radius 2 is 2.26 bits per heavy atom. The summed E-state index contributed by atoms with van der Waals surface area (Å²) in [5.41, 5.74) is 1.26. The van der Waals surface area contributed by atoms with Crippen molar-refractivity contribution >= 4 is 40.6 Å². The van der Waals surface area contributed by atoms with Crippen molar-refractivity contribution in [2.75, 3.05) is 11.1 Å². The number of thioether (sulfide) groups is 1. The molecule has 0 aliphatic carbocycles. The number of fused-ring (bicyclic) bond motifs is 1. The van der Waals surface area contributed by atoms with Crippen LogP contribution in [0.15, 0.2) is 28.2 Å². The number of rotatable bonds is 4. The normalized spacial score (nSPS) is 15.9. The van der Waals surface area contributed by atoms with E-state index in [1.165, 1.54) is 34.5 Å². The zero-order valence-corrected chi connectivity index (χ0v) is 16.3. The van der Waals surface area contributed by atoms with Gasteiger partial charge in [0.05, 0.1) is 10.8 Å². The van der Waals surface area contributed by atoms with Crippen LogP contribution in [0.2, 0.25) is 5.02 Å². The van der Waals surface area contributed by atoms with Crippen LogP contribution in [-0.4, -0.2) is 26.1 Å². The van der Waals surface area contributed by atoms with Crippen LogP contribution in [0.4, 0.5) is 11.4 Å². The van der Waals surface area contributed by atoms with E-state index in [1.54, 1.807) is 0 Å². The Balaban J connectivity index is 1.81. The first-order valence-electron chi connectivity index (χ1n) is 8.29. The van der Waals surface area contributed by atoms with Crippen LogP contribution in [-0.2, 0) is 17.8 Å². The molecular weight excluding hydrogens is 392 g/mol. The van der Waals surface area contributed by atoms with Crippen molar-refractivity contribution in [3.8, 4) is 0 Å². The molecule has 2 aromatic rings. The molecule has 0 radical (unpaired) electrons. The van der Waals surface area contributed by atoms with Gasteiger partial charge in [0, 0.05) is 35.3 Å². The molecule has 0 fully saturated rings. The number of hydrogen-bond donors (Lipinski definition) is 1. The van der Waals surface area contributed by atoms with Gasteiger partial charge in [0.1, 0.15) is 5.02 Å². The molecule has 142 valence electrons. The van der Waals surface area contributed by atoms with Crippen molar-refractivity contribution < 1.29 is 9.72 Å². The van der Waals surface area contributed by atoms with E-state index in [0.717, 1.165) is 5.69 Å². The molecule has 1 aliphatic rings. The molecule has 3 rings (SSSR count). The van der Waals surface area contributed by atoms with Gasteiger partial charge in [-0.05, 0) is 25.5 Å². The quantitative estimate of drug-likeness (QED) is 0.473. The number of nitrogens with one attached hydrogen (secondary N) is 1. The second kappa shape index (κ2) is 7.69. The summed E-state index contributed by atoms with van der Waals surface area (Å²) in [4.78, 5) is 40.1. The smallest absolute Gasteiger partial charge is 0.289 e. The van der Waals surface area contributed by atoms with Crippen molar-refractivity contribution in [3.63, 3.8) is 0 Å². The third kappa shape index (κ3) is 3.84. The molecule has 2 heterocycles. The Hall–Kier alpha value is -2.39. The summed E-state index contributed by atoms with van der Waals surface area (Å²) in [6.45, 7) is 3.93. The number of benzene rings is 1. The minimum atomic E-state index is -0.607. The maximum Gasteiger partial charge on any atom is 0.289 e. The van der Waals surface area contributed by atoms with E-state index in [9.17, 15) is 19.7 Å². The summed E-state index contributed by atoms with van der Waals surface area (Å²) in [7, 11) is 0. The minimum Gasteiger partial charge on any atom is -0.326 e. The van der Waals surface area contributed by atoms with E-state index in [0.29, 0.717) is 22.9 Å². The summed E-state index contributed by atoms with van der Waals surface area (Å²) in [6.07, 6.45) is 0.577. The molecule has 1 aliphatic heterocycles. The maximum atomic E-state index is 12.6. The Bertz CT molecular complexity index is 992. The Morgan fingerprint density at radius 1 is 1.52 bits per heavy atom. The minimum absolute atomic E-state index is 0.000222. The van der Waals surface area contributed by atoms with E-state index in [2.05, 4.69) is 10.3 Å². The number of nitro benzene ring substituents is 1. The van der Waals surface area contributed by atoms with Crippen LogP contribution >= 0.6 is 23.4 Å². The molecule has 1 atom stereocenters. The summed E-state index contributed by atoms with van der Waals surface area (Å²) < 4.78 is 1.54. The van der Waals surface area contributed by atoms with Crippen LogP contribution in [0, 0.1) is 23.0 Å². The predicted octanol–water partition coefficient (Wildman–Crippen LogP) is 3.04. The summed E-state index contributed by atoms with van der Waals surface area (Å²) in [6, 6.07) is 4.09. The molecule has 0 bridgehead atoms. The molecule has 1 aromatic carbocycles. The van der Waals surface area contributed by atoms with Crippen molar-refractivity contribution in [2.24, 2.45) is 5.92 Å². The summed E-state index contributed by atoms with van der Waals surface area (Å²) in [5, 5.41) is 14.3. The zero-order chi connectivity index (χ0) is 19.7. The van der Waals surface area contributed by atoms with Gasteiger partial charge < -0.3 is 5.32 Å². The van der Waals surface area contributed by atoms with Crippen molar-refractivity contribution in [1.82, 2.24) is 9.55 Å². The second-order valence-corrected chi connectivity index (χ2v) is 7.54. The molecule has 0 saturated heterocycles. The van der Waals surface area contributed by atoms with Gasteiger partial charge in [0.2, 0.25) is 5.91 Å². The highest BCUT2D eigenvalue weighted by Crippen LogP contribution is 2.29. The number of aromatic nitrogens is 2. The monoisotopic (exact) mass is 408 g/mol. The Kier molecular flexibility index (Phi) is 5.52. The van der Waals surface area contributed by atoms with Gasteiger partial charge in [-0.25, -0.2) is 4.98 Å². The fourth-order valence-corrected chi connectivity index (χ4v) is 4.24. The second-order valence-electron chi connectivity index (χ2n) is 6.15. The molecule has 1 unspecified atom stereocenters. The van der Waals surface area contributed by atoms with Gasteiger partial charge in [0.15, 0.2) is 5.16 Å². The summed E-state index contributed by atoms with van der Waals surface area (Å²) >= 11 is 7.14. The van der Waals surface area contributed by atoms with Crippen LogP contribution in [0.3, 0.4) is 0 Å². The van der Waals surface area contributed by atoms with Crippen molar-refractivity contribution in [2.45, 2.75) is 32.0 Å². The molecule has 1 amide bonds. The molecule has 8 nitrogen and oxygen atoms in total. The Labute approximate surface area is 164 Å². The van der Waals surface area contributed by atoms with Gasteiger partial charge in [-0.1, -0.05) is 30.3 Å². The first-order chi connectivity index (χ1) is 12.8. The molecular formula is C17H17ClN4O4S. The van der Waals surface area contributed by atoms with Crippen molar-refractivity contribution in [1.29, 1.82) is 0 Å². The highest BCUT2D eigenvalue weighted by molar-refractivity contribution is 7.99. The lowest BCUT2D eigenvalue weighted by Gasteiger charge is -2.25. The van der Waals surface area contributed by atoms with Crippen LogP contribution in [0.1, 0.15) is 18.2 Å². The lowest BCUT2D eigenvalue weighted by Crippen LogP contribution is -2.38. The van der Waals surface area contributed by atoms with E-state index in [4.69, 9.17) is 11.6 Å². The number of hydrogen-bond acceptors (Lipinski definition) is 6. The van der Waals surface area contributed by atoms with E-state index >= 15 is 0 Å². The highest BCUT2D eigenvalue weighted by Gasteiger charge is 2.28. The van der Waals surface area contributed by atoms with Crippen LogP contribution in [0.25, 0.3) is 0 Å². The highest BCUT2D eigenvalue weighted by atomic mass is 35.5. The topological polar surface area (TPSA) is 107 Å².